The van der Waals surface area contributed by atoms with E-state index in [1.165, 1.54) is 18.3 Å². The van der Waals surface area contributed by atoms with Crippen molar-refractivity contribution in [3.63, 3.8) is 0 Å². The van der Waals surface area contributed by atoms with Crippen molar-refractivity contribution < 1.29 is 23.4 Å². The predicted molar refractivity (Wildman–Crippen MR) is 125 cm³/mol. The molecule has 0 bridgehead atoms. The average Bonchev–Trinajstić information content (AvgIpc) is 2.83. The second-order valence-corrected chi connectivity index (χ2v) is 8.17. The van der Waals surface area contributed by atoms with Crippen molar-refractivity contribution >= 4 is 17.3 Å². The van der Waals surface area contributed by atoms with Crippen LogP contribution in [0.1, 0.15) is 24.2 Å². The number of nitrogens with two attached hydrogens (primary N) is 1. The summed E-state index contributed by atoms with van der Waals surface area (Å²) >= 11 is 0. The second kappa shape index (κ2) is 10.2. The van der Waals surface area contributed by atoms with E-state index in [4.69, 9.17) is 19.9 Å². The summed E-state index contributed by atoms with van der Waals surface area (Å²) in [5.41, 5.74) is 6.77. The minimum absolute atomic E-state index is 0.0791. The zero-order chi connectivity index (χ0) is 24.2. The molecule has 9 nitrogen and oxygen atoms in total. The number of carbonyl (C=O) groups is 1. The summed E-state index contributed by atoms with van der Waals surface area (Å²) in [5.74, 6) is -0.688. The minimum Gasteiger partial charge on any atom is -0.491 e. The van der Waals surface area contributed by atoms with Gasteiger partial charge in [-0.25, -0.2) is 4.39 Å². The first kappa shape index (κ1) is 23.7. The fourth-order valence-electron chi connectivity index (χ4n) is 4.01. The summed E-state index contributed by atoms with van der Waals surface area (Å²) in [4.78, 5) is 29.8. The van der Waals surface area contributed by atoms with Crippen LogP contribution in [0.25, 0.3) is 0 Å². The monoisotopic (exact) mass is 470 g/mol. The van der Waals surface area contributed by atoms with E-state index in [1.54, 1.807) is 40.8 Å². The van der Waals surface area contributed by atoms with Gasteiger partial charge in [0.25, 0.3) is 11.5 Å². The third-order valence-corrected chi connectivity index (χ3v) is 5.79. The van der Waals surface area contributed by atoms with E-state index in [2.05, 4.69) is 4.99 Å². The van der Waals surface area contributed by atoms with Crippen molar-refractivity contribution in [2.45, 2.75) is 26.0 Å². The molecule has 2 aromatic rings. The van der Waals surface area contributed by atoms with Crippen LogP contribution in [0.2, 0.25) is 0 Å². The molecule has 3 heterocycles. The number of carbonyl (C=O) groups excluding carboxylic acids is 1. The molecule has 2 N–H and O–H groups in total. The number of ether oxygens (including phenoxy) is 3. The van der Waals surface area contributed by atoms with Crippen molar-refractivity contribution in [1.29, 1.82) is 0 Å². The molecular weight excluding hydrogens is 443 g/mol. The Hall–Kier alpha value is -3.50. The predicted octanol–water partition coefficient (Wildman–Crippen LogP) is 1.92. The molecule has 1 amide bonds. The number of aromatic nitrogens is 1. The molecule has 0 aliphatic carbocycles. The van der Waals surface area contributed by atoms with Crippen LogP contribution in [0.5, 0.6) is 5.75 Å². The number of benzene rings is 1. The lowest BCUT2D eigenvalue weighted by Gasteiger charge is -2.25. The van der Waals surface area contributed by atoms with Crippen LogP contribution in [-0.2, 0) is 14.3 Å². The summed E-state index contributed by atoms with van der Waals surface area (Å²) in [7, 11) is 0. The summed E-state index contributed by atoms with van der Waals surface area (Å²) in [5, 5.41) is 0. The lowest BCUT2D eigenvalue weighted by Crippen LogP contribution is -2.36. The van der Waals surface area contributed by atoms with Crippen LogP contribution in [0.3, 0.4) is 0 Å². The maximum atomic E-state index is 15.0. The molecule has 2 aliphatic heterocycles. The molecule has 1 saturated heterocycles. The van der Waals surface area contributed by atoms with Gasteiger partial charge in [0.1, 0.15) is 30.0 Å². The fraction of sp³-hybridized carbons (Fsp3) is 0.375. The molecule has 180 valence electrons. The molecule has 2 aliphatic rings. The zero-order valence-electron chi connectivity index (χ0n) is 19.1. The molecule has 0 radical (unpaired) electrons. The summed E-state index contributed by atoms with van der Waals surface area (Å²) in [6.45, 7) is 5.55. The first-order valence-corrected chi connectivity index (χ1v) is 11.0. The third kappa shape index (κ3) is 5.18. The summed E-state index contributed by atoms with van der Waals surface area (Å²) < 4.78 is 33.3. The van der Waals surface area contributed by atoms with Gasteiger partial charge in [0.2, 0.25) is 0 Å². The van der Waals surface area contributed by atoms with Gasteiger partial charge in [-0.15, -0.1) is 0 Å². The first-order valence-electron chi connectivity index (χ1n) is 11.0. The van der Waals surface area contributed by atoms with Crippen molar-refractivity contribution in [2.24, 2.45) is 10.7 Å². The Labute approximate surface area is 196 Å². The van der Waals surface area contributed by atoms with E-state index in [1.807, 2.05) is 6.92 Å². The SMILES string of the molecule is Cc1cc(OCC2COCCO2)cc(=O)n1[C@H](C)c1ccc(N2C=CN=C(C(N)=O)C2)c(F)c1. The maximum absolute atomic E-state index is 15.0. The number of halogens is 1. The molecule has 4 rings (SSSR count). The van der Waals surface area contributed by atoms with E-state index >= 15 is 4.39 Å². The molecule has 1 unspecified atom stereocenters. The van der Waals surface area contributed by atoms with Crippen LogP contribution in [0.4, 0.5) is 10.1 Å². The largest absolute Gasteiger partial charge is 0.491 e. The smallest absolute Gasteiger partial charge is 0.264 e. The molecule has 1 aromatic carbocycles. The summed E-state index contributed by atoms with van der Waals surface area (Å²) in [6, 6.07) is 7.53. The number of hydrogen-bond donors (Lipinski definition) is 1. The fourth-order valence-corrected chi connectivity index (χ4v) is 4.01. The van der Waals surface area contributed by atoms with E-state index in [-0.39, 0.29) is 36.2 Å². The number of pyridine rings is 1. The number of aryl methyl sites for hydroxylation is 1. The van der Waals surface area contributed by atoms with Gasteiger partial charge < -0.3 is 29.4 Å². The van der Waals surface area contributed by atoms with Crippen LogP contribution in [0, 0.1) is 12.7 Å². The number of hydrogen-bond acceptors (Lipinski definition) is 7. The maximum Gasteiger partial charge on any atom is 0.264 e. The van der Waals surface area contributed by atoms with Gasteiger partial charge >= 0.3 is 0 Å². The highest BCUT2D eigenvalue weighted by molar-refractivity contribution is 6.40. The van der Waals surface area contributed by atoms with Crippen molar-refractivity contribution in [3.8, 4) is 5.75 Å². The Morgan fingerprint density at radius 2 is 2.15 bits per heavy atom. The quantitative estimate of drug-likeness (QED) is 0.662. The molecule has 1 aromatic heterocycles. The Bertz CT molecular complexity index is 1190. The Kier molecular flexibility index (Phi) is 7.09. The van der Waals surface area contributed by atoms with Gasteiger partial charge in [-0.3, -0.25) is 14.6 Å². The standard InChI is InChI=1S/C24H27FN4O5/c1-15-9-18(34-14-19-13-32-7-8-33-19)11-23(30)29(15)16(2)17-3-4-22(20(25)10-17)28-6-5-27-21(12-28)24(26)31/h3-6,9-11,16,19H,7-8,12-14H2,1-2H3,(H2,26,31)/t16-,19?/m1/s1. The molecule has 0 saturated carbocycles. The van der Waals surface area contributed by atoms with Crippen LogP contribution in [-0.4, -0.2) is 55.3 Å². The van der Waals surface area contributed by atoms with Gasteiger partial charge in [0.05, 0.1) is 38.1 Å². The molecule has 34 heavy (non-hydrogen) atoms. The molecular formula is C24H27FN4O5. The lowest BCUT2D eigenvalue weighted by molar-refractivity contribution is -0.112. The topological polar surface area (TPSA) is 108 Å². The molecule has 0 spiro atoms. The molecule has 2 atom stereocenters. The number of anilines is 1. The average molecular weight is 471 g/mol. The van der Waals surface area contributed by atoms with E-state index < -0.39 is 17.8 Å². The van der Waals surface area contributed by atoms with Crippen LogP contribution in [0.15, 0.2) is 52.5 Å². The van der Waals surface area contributed by atoms with Crippen LogP contribution < -0.4 is 20.9 Å². The highest BCUT2D eigenvalue weighted by Crippen LogP contribution is 2.27. The van der Waals surface area contributed by atoms with Gasteiger partial charge in [0.15, 0.2) is 0 Å². The Morgan fingerprint density at radius 1 is 1.32 bits per heavy atom. The van der Waals surface area contributed by atoms with E-state index in [0.717, 1.165) is 0 Å². The van der Waals surface area contributed by atoms with Crippen molar-refractivity contribution in [1.82, 2.24) is 4.57 Å². The van der Waals surface area contributed by atoms with E-state index in [0.29, 0.717) is 36.8 Å². The number of aliphatic imine (C=N–C) groups is 1. The number of primary amides is 1. The Balaban J connectivity index is 1.50. The zero-order valence-corrected chi connectivity index (χ0v) is 19.1. The highest BCUT2D eigenvalue weighted by atomic mass is 19.1. The first-order chi connectivity index (χ1) is 16.3. The number of amides is 1. The minimum atomic E-state index is -0.651. The second-order valence-electron chi connectivity index (χ2n) is 8.17. The normalized spacial score (nSPS) is 19.0. The van der Waals surface area contributed by atoms with Crippen molar-refractivity contribution in [3.05, 3.63) is 70.2 Å². The number of rotatable bonds is 7. The van der Waals surface area contributed by atoms with Gasteiger partial charge in [-0.05, 0) is 37.6 Å². The lowest BCUT2D eigenvalue weighted by atomic mass is 10.1. The van der Waals surface area contributed by atoms with Gasteiger partial charge in [-0.1, -0.05) is 6.07 Å². The van der Waals surface area contributed by atoms with E-state index in [9.17, 15) is 9.59 Å². The third-order valence-electron chi connectivity index (χ3n) is 5.79. The van der Waals surface area contributed by atoms with Gasteiger partial charge in [-0.2, -0.15) is 0 Å². The van der Waals surface area contributed by atoms with Gasteiger partial charge in [0, 0.05) is 24.2 Å². The number of nitrogens with zero attached hydrogens (tertiary/aromatic N) is 3. The molecule has 10 heteroatoms. The summed E-state index contributed by atoms with van der Waals surface area (Å²) in [6.07, 6.45) is 2.81. The Morgan fingerprint density at radius 3 is 2.82 bits per heavy atom. The highest BCUT2D eigenvalue weighted by Gasteiger charge is 2.21. The van der Waals surface area contributed by atoms with Crippen LogP contribution >= 0.6 is 0 Å². The molecule has 1 fully saturated rings. The van der Waals surface area contributed by atoms with Crippen molar-refractivity contribution in [2.75, 3.05) is 37.9 Å².